The average molecular weight is 392 g/mol. The van der Waals surface area contributed by atoms with Crippen molar-refractivity contribution in [2.24, 2.45) is 0 Å². The van der Waals surface area contributed by atoms with E-state index in [9.17, 15) is 14.4 Å². The second kappa shape index (κ2) is 10.6. The van der Waals surface area contributed by atoms with E-state index < -0.39 is 42.5 Å². The van der Waals surface area contributed by atoms with Gasteiger partial charge >= 0.3 is 17.9 Å². The van der Waals surface area contributed by atoms with Gasteiger partial charge in [0.25, 0.3) is 0 Å². The van der Waals surface area contributed by atoms with Gasteiger partial charge in [-0.1, -0.05) is 42.5 Å². The molecule has 4 atom stereocenters. The molecule has 0 unspecified atom stereocenters. The maximum atomic E-state index is 11.5. The van der Waals surface area contributed by atoms with E-state index in [0.29, 0.717) is 0 Å². The number of benzene rings is 1. The molecule has 1 aromatic carbocycles. The van der Waals surface area contributed by atoms with Crippen molar-refractivity contribution in [2.45, 2.75) is 45.4 Å². The summed E-state index contributed by atoms with van der Waals surface area (Å²) in [4.78, 5) is 34.4. The lowest BCUT2D eigenvalue weighted by molar-refractivity contribution is -0.278. The van der Waals surface area contributed by atoms with Crippen LogP contribution in [0.1, 0.15) is 26.3 Å². The Labute approximate surface area is 163 Å². The van der Waals surface area contributed by atoms with Gasteiger partial charge in [-0.15, -0.1) is 0 Å². The fourth-order valence-corrected chi connectivity index (χ4v) is 2.75. The third-order valence-corrected chi connectivity index (χ3v) is 3.77. The van der Waals surface area contributed by atoms with Crippen molar-refractivity contribution in [3.63, 3.8) is 0 Å². The van der Waals surface area contributed by atoms with Gasteiger partial charge in [0, 0.05) is 20.8 Å². The molecule has 152 valence electrons. The second-order valence-corrected chi connectivity index (χ2v) is 6.14. The summed E-state index contributed by atoms with van der Waals surface area (Å²) in [5.41, 5.74) is 1.000. The molecule has 1 fully saturated rings. The monoisotopic (exact) mass is 392 g/mol. The third-order valence-electron chi connectivity index (χ3n) is 3.77. The Bertz CT molecular complexity index is 699. The maximum Gasteiger partial charge on any atom is 0.303 e. The van der Waals surface area contributed by atoms with E-state index in [-0.39, 0.29) is 13.2 Å². The number of ether oxygens (including phenoxy) is 5. The van der Waals surface area contributed by atoms with E-state index in [1.54, 1.807) is 6.08 Å². The van der Waals surface area contributed by atoms with Crippen LogP contribution in [0.15, 0.2) is 36.4 Å². The largest absolute Gasteiger partial charge is 0.456 e. The SMILES string of the molecule is CC(=O)O[C@@H]1[C@@H](OC(C)=O)[C@@H](OC/C=C/c2ccccc2)OC[C@H]1OC(C)=O. The average Bonchev–Trinajstić information content (AvgIpc) is 2.62. The molecule has 0 N–H and O–H groups in total. The highest BCUT2D eigenvalue weighted by molar-refractivity contribution is 5.68. The van der Waals surface area contributed by atoms with Crippen molar-refractivity contribution < 1.29 is 38.1 Å². The van der Waals surface area contributed by atoms with Gasteiger partial charge in [-0.3, -0.25) is 14.4 Å². The molecule has 0 radical (unpaired) electrons. The molecule has 0 aromatic heterocycles. The Morgan fingerprint density at radius 1 is 0.964 bits per heavy atom. The highest BCUT2D eigenvalue weighted by atomic mass is 16.7. The summed E-state index contributed by atoms with van der Waals surface area (Å²) >= 11 is 0. The molecule has 1 aliphatic heterocycles. The minimum atomic E-state index is -1.08. The van der Waals surface area contributed by atoms with E-state index in [4.69, 9.17) is 23.7 Å². The molecular formula is C20H24O8. The van der Waals surface area contributed by atoms with Crippen molar-refractivity contribution in [3.8, 4) is 0 Å². The zero-order valence-electron chi connectivity index (χ0n) is 16.0. The number of esters is 3. The molecule has 8 heteroatoms. The lowest BCUT2D eigenvalue weighted by atomic mass is 10.0. The summed E-state index contributed by atoms with van der Waals surface area (Å²) in [6.45, 7) is 3.75. The van der Waals surface area contributed by atoms with Crippen LogP contribution in [0.3, 0.4) is 0 Å². The van der Waals surface area contributed by atoms with Gasteiger partial charge in [-0.2, -0.15) is 0 Å². The van der Waals surface area contributed by atoms with Crippen molar-refractivity contribution in [1.29, 1.82) is 0 Å². The van der Waals surface area contributed by atoms with Crippen LogP contribution in [0.5, 0.6) is 0 Å². The van der Waals surface area contributed by atoms with E-state index in [2.05, 4.69) is 0 Å². The summed E-state index contributed by atoms with van der Waals surface area (Å²) in [6.07, 6.45) is -0.366. The molecule has 8 nitrogen and oxygen atoms in total. The maximum absolute atomic E-state index is 11.5. The molecule has 0 aliphatic carbocycles. The van der Waals surface area contributed by atoms with Gasteiger partial charge in [0.2, 0.25) is 0 Å². The molecule has 1 saturated heterocycles. The van der Waals surface area contributed by atoms with E-state index in [1.165, 1.54) is 20.8 Å². The van der Waals surface area contributed by atoms with Gasteiger partial charge in [-0.25, -0.2) is 0 Å². The minimum Gasteiger partial charge on any atom is -0.456 e. The Balaban J connectivity index is 2.08. The summed E-state index contributed by atoms with van der Waals surface area (Å²) < 4.78 is 26.9. The van der Waals surface area contributed by atoms with Crippen LogP contribution < -0.4 is 0 Å². The zero-order chi connectivity index (χ0) is 20.5. The van der Waals surface area contributed by atoms with Gasteiger partial charge < -0.3 is 23.7 Å². The Hall–Kier alpha value is -2.71. The highest BCUT2D eigenvalue weighted by Crippen LogP contribution is 2.25. The number of hydrogen-bond donors (Lipinski definition) is 0. The molecule has 2 rings (SSSR count). The van der Waals surface area contributed by atoms with Crippen molar-refractivity contribution in [1.82, 2.24) is 0 Å². The summed E-state index contributed by atoms with van der Waals surface area (Å²) in [5.74, 6) is -1.79. The summed E-state index contributed by atoms with van der Waals surface area (Å²) in [7, 11) is 0. The number of rotatable bonds is 7. The molecule has 0 amide bonds. The zero-order valence-corrected chi connectivity index (χ0v) is 16.0. The van der Waals surface area contributed by atoms with Crippen molar-refractivity contribution >= 4 is 24.0 Å². The number of hydrogen-bond acceptors (Lipinski definition) is 8. The Morgan fingerprint density at radius 2 is 1.57 bits per heavy atom. The van der Waals surface area contributed by atoms with Crippen LogP contribution in [-0.4, -0.2) is 55.7 Å². The summed E-state index contributed by atoms with van der Waals surface area (Å²) in [5, 5.41) is 0. The van der Waals surface area contributed by atoms with E-state index in [0.717, 1.165) is 5.56 Å². The first-order valence-electron chi connectivity index (χ1n) is 8.83. The van der Waals surface area contributed by atoms with Gasteiger partial charge in [-0.05, 0) is 5.56 Å². The quantitative estimate of drug-likeness (QED) is 0.512. The fourth-order valence-electron chi connectivity index (χ4n) is 2.75. The van der Waals surface area contributed by atoms with Crippen LogP contribution in [-0.2, 0) is 38.1 Å². The Kier molecular flexibility index (Phi) is 8.16. The normalized spacial score (nSPS) is 24.5. The predicted molar refractivity (Wildman–Crippen MR) is 97.8 cm³/mol. The number of carbonyl (C=O) groups excluding carboxylic acids is 3. The third kappa shape index (κ3) is 6.79. The molecule has 0 saturated carbocycles. The first-order chi connectivity index (χ1) is 13.4. The predicted octanol–water partition coefficient (Wildman–Crippen LogP) is 1.87. The summed E-state index contributed by atoms with van der Waals surface area (Å²) in [6, 6.07) is 9.63. The first-order valence-corrected chi connectivity index (χ1v) is 8.83. The van der Waals surface area contributed by atoms with Crippen molar-refractivity contribution in [3.05, 3.63) is 42.0 Å². The Morgan fingerprint density at radius 3 is 2.18 bits per heavy atom. The molecular weight excluding hydrogens is 368 g/mol. The first kappa shape index (κ1) is 21.6. The van der Waals surface area contributed by atoms with Crippen LogP contribution in [0.4, 0.5) is 0 Å². The molecule has 1 heterocycles. The fraction of sp³-hybridized carbons (Fsp3) is 0.450. The van der Waals surface area contributed by atoms with E-state index in [1.807, 2.05) is 36.4 Å². The highest BCUT2D eigenvalue weighted by Gasteiger charge is 2.47. The van der Waals surface area contributed by atoms with Crippen LogP contribution in [0, 0.1) is 0 Å². The van der Waals surface area contributed by atoms with Crippen LogP contribution in [0.2, 0.25) is 0 Å². The smallest absolute Gasteiger partial charge is 0.303 e. The molecule has 28 heavy (non-hydrogen) atoms. The molecule has 0 bridgehead atoms. The second-order valence-electron chi connectivity index (χ2n) is 6.14. The standard InChI is InChI=1S/C20H24O8/c1-13(21)26-17-12-25-20(19(28-15(3)23)18(17)27-14(2)22)24-11-7-10-16-8-5-4-6-9-16/h4-10,17-20H,11-12H2,1-3H3/b10-7+/t17-,18+,19-,20+/m1/s1. The van der Waals surface area contributed by atoms with Crippen molar-refractivity contribution in [2.75, 3.05) is 13.2 Å². The van der Waals surface area contributed by atoms with Gasteiger partial charge in [0.15, 0.2) is 24.6 Å². The van der Waals surface area contributed by atoms with E-state index >= 15 is 0 Å². The minimum absolute atomic E-state index is 0.0671. The number of carbonyl (C=O) groups is 3. The molecule has 0 spiro atoms. The van der Waals surface area contributed by atoms with Crippen LogP contribution in [0.25, 0.3) is 6.08 Å². The lowest BCUT2D eigenvalue weighted by Gasteiger charge is -2.40. The van der Waals surface area contributed by atoms with Crippen LogP contribution >= 0.6 is 0 Å². The molecule has 1 aliphatic rings. The molecule has 1 aromatic rings. The van der Waals surface area contributed by atoms with Gasteiger partial charge in [0.1, 0.15) is 0 Å². The lowest BCUT2D eigenvalue weighted by Crippen LogP contribution is -2.58. The topological polar surface area (TPSA) is 97.4 Å². The van der Waals surface area contributed by atoms with Gasteiger partial charge in [0.05, 0.1) is 13.2 Å².